The van der Waals surface area contributed by atoms with Gasteiger partial charge in [0.15, 0.2) is 0 Å². The predicted molar refractivity (Wildman–Crippen MR) is 168 cm³/mol. The molecule has 3 rings (SSSR count). The molecule has 0 radical (unpaired) electrons. The molecule has 1 heterocycles. The molecule has 1 saturated heterocycles. The van der Waals surface area contributed by atoms with Gasteiger partial charge in [0.1, 0.15) is 28.6 Å². The van der Waals surface area contributed by atoms with Crippen molar-refractivity contribution in [3.63, 3.8) is 0 Å². The minimum absolute atomic E-state index is 0.0182. The molecule has 0 saturated carbocycles. The van der Waals surface area contributed by atoms with Crippen LogP contribution in [-0.4, -0.2) is 46.8 Å². The maximum atomic E-state index is 12.2. The van der Waals surface area contributed by atoms with Gasteiger partial charge in [-0.3, -0.25) is 4.79 Å². The number of piperidine rings is 1. The zero-order valence-electron chi connectivity index (χ0n) is 23.8. The molecule has 0 spiro atoms. The highest BCUT2D eigenvalue weighted by atomic mass is 127. The lowest BCUT2D eigenvalue weighted by Crippen LogP contribution is -2.44. The van der Waals surface area contributed by atoms with Crippen molar-refractivity contribution in [2.24, 2.45) is 11.3 Å². The Bertz CT molecular complexity index is 1040. The monoisotopic (exact) mass is 647 g/mol. The minimum Gasteiger partial charge on any atom is -0.481 e. The van der Waals surface area contributed by atoms with Crippen LogP contribution >= 0.6 is 23.0 Å². The fourth-order valence-electron chi connectivity index (χ4n) is 5.79. The van der Waals surface area contributed by atoms with E-state index in [4.69, 9.17) is 3.07 Å². The second-order valence-electron chi connectivity index (χ2n) is 11.2. The Kier molecular flexibility index (Phi) is 12.5. The standard InChI is InChI=1S/C33H46INO4/c1-4-26(14-12-22-32(3,5-2)31(36)37)30(39-34)19-13-23-35-24-20-29(21-25-35)33(38,27-15-8-6-9-16-27)28-17-10-7-11-18-28/h4,6,8-10,12,14-18,29-30,38H,5,7,11,13,19-25H2,1-3H3,(H,36,37)/b14-12-,26-4+. The van der Waals surface area contributed by atoms with E-state index in [9.17, 15) is 15.0 Å². The Hall–Kier alpha value is -1.74. The molecule has 5 nitrogen and oxygen atoms in total. The molecular weight excluding hydrogens is 601 g/mol. The number of carboxylic acids is 1. The topological polar surface area (TPSA) is 70.0 Å². The SMILES string of the molecule is C/C=C(\C=C/CC(C)(CC)C(=O)O)C(CCCN1CCC(C(O)(C2=CCCC=C2)c2ccccc2)CC1)OI. The van der Waals surface area contributed by atoms with E-state index in [0.717, 1.165) is 74.9 Å². The molecule has 214 valence electrons. The van der Waals surface area contributed by atoms with E-state index >= 15 is 0 Å². The molecule has 39 heavy (non-hydrogen) atoms. The van der Waals surface area contributed by atoms with Gasteiger partial charge in [-0.2, -0.15) is 0 Å². The van der Waals surface area contributed by atoms with E-state index in [0.29, 0.717) is 12.8 Å². The predicted octanol–water partition coefficient (Wildman–Crippen LogP) is 7.77. The summed E-state index contributed by atoms with van der Waals surface area (Å²) in [6.45, 7) is 8.69. The van der Waals surface area contributed by atoms with Gasteiger partial charge in [-0.25, -0.2) is 0 Å². The Morgan fingerprint density at radius 1 is 1.23 bits per heavy atom. The Balaban J connectivity index is 1.54. The van der Waals surface area contributed by atoms with Crippen molar-refractivity contribution in [3.05, 3.63) is 83.5 Å². The molecule has 0 amide bonds. The van der Waals surface area contributed by atoms with E-state index in [1.807, 2.05) is 67.2 Å². The average molecular weight is 648 g/mol. The van der Waals surface area contributed by atoms with Gasteiger partial charge in [-0.05, 0) is 107 Å². The number of aliphatic hydroxyl groups is 1. The second-order valence-corrected chi connectivity index (χ2v) is 11.7. The molecule has 0 aromatic heterocycles. The quantitative estimate of drug-likeness (QED) is 0.160. The minimum atomic E-state index is -0.938. The first kappa shape index (κ1) is 31.8. The van der Waals surface area contributed by atoms with Gasteiger partial charge in [0.25, 0.3) is 0 Å². The highest BCUT2D eigenvalue weighted by molar-refractivity contribution is 14.1. The number of benzene rings is 1. The van der Waals surface area contributed by atoms with Gasteiger partial charge >= 0.3 is 5.97 Å². The molecule has 1 fully saturated rings. The van der Waals surface area contributed by atoms with Crippen molar-refractivity contribution in [3.8, 4) is 0 Å². The van der Waals surface area contributed by atoms with Gasteiger partial charge in [-0.15, -0.1) is 0 Å². The van der Waals surface area contributed by atoms with Crippen LogP contribution in [0.1, 0.15) is 77.7 Å². The number of rotatable bonds is 14. The van der Waals surface area contributed by atoms with Crippen molar-refractivity contribution >= 4 is 29.0 Å². The van der Waals surface area contributed by atoms with Crippen LogP contribution in [0.3, 0.4) is 0 Å². The number of aliphatic carboxylic acids is 1. The van der Waals surface area contributed by atoms with E-state index in [-0.39, 0.29) is 12.0 Å². The summed E-state index contributed by atoms with van der Waals surface area (Å²) in [4.78, 5) is 14.1. The van der Waals surface area contributed by atoms with Crippen LogP contribution in [0.5, 0.6) is 0 Å². The fraction of sp³-hybridized carbons (Fsp3) is 0.545. The van der Waals surface area contributed by atoms with Crippen LogP contribution in [0.2, 0.25) is 0 Å². The first-order valence-electron chi connectivity index (χ1n) is 14.5. The van der Waals surface area contributed by atoms with Crippen molar-refractivity contribution < 1.29 is 18.1 Å². The third kappa shape index (κ3) is 8.15. The summed E-state index contributed by atoms with van der Waals surface area (Å²) in [5.41, 5.74) is 1.46. The van der Waals surface area contributed by atoms with Gasteiger partial charge in [-0.1, -0.05) is 73.7 Å². The third-order valence-electron chi connectivity index (χ3n) is 8.76. The molecule has 2 aliphatic rings. The molecule has 6 heteroatoms. The largest absolute Gasteiger partial charge is 0.481 e. The third-order valence-corrected chi connectivity index (χ3v) is 9.37. The zero-order chi connectivity index (χ0) is 28.3. The number of carbonyl (C=O) groups is 1. The lowest BCUT2D eigenvalue weighted by molar-refractivity contribution is -0.147. The first-order valence-corrected chi connectivity index (χ1v) is 15.4. The van der Waals surface area contributed by atoms with Gasteiger partial charge < -0.3 is 18.2 Å². The molecule has 1 aromatic rings. The fourth-order valence-corrected chi connectivity index (χ4v) is 6.34. The molecular formula is C33H46INO4. The number of likely N-dealkylation sites (tertiary alicyclic amines) is 1. The number of hydrogen-bond acceptors (Lipinski definition) is 4. The van der Waals surface area contributed by atoms with Gasteiger partial charge in [0.05, 0.1) is 11.5 Å². The van der Waals surface area contributed by atoms with Crippen LogP contribution in [-0.2, 0) is 13.5 Å². The van der Waals surface area contributed by atoms with Gasteiger partial charge in [0.2, 0.25) is 0 Å². The normalized spacial score (nSPS) is 21.4. The van der Waals surface area contributed by atoms with Crippen LogP contribution in [0, 0.1) is 11.3 Å². The van der Waals surface area contributed by atoms with Crippen molar-refractivity contribution in [1.29, 1.82) is 0 Å². The zero-order valence-corrected chi connectivity index (χ0v) is 26.0. The summed E-state index contributed by atoms with van der Waals surface area (Å²) in [5.74, 6) is -0.564. The lowest BCUT2D eigenvalue weighted by atomic mass is 9.70. The van der Waals surface area contributed by atoms with Crippen LogP contribution < -0.4 is 0 Å². The average Bonchev–Trinajstić information content (AvgIpc) is 2.98. The molecule has 1 aliphatic carbocycles. The number of allylic oxidation sites excluding steroid dienone is 4. The summed E-state index contributed by atoms with van der Waals surface area (Å²) < 4.78 is 5.80. The molecule has 1 aliphatic heterocycles. The molecule has 3 atom stereocenters. The van der Waals surface area contributed by atoms with Crippen molar-refractivity contribution in [1.82, 2.24) is 4.90 Å². The van der Waals surface area contributed by atoms with Crippen LogP contribution in [0.25, 0.3) is 0 Å². The van der Waals surface area contributed by atoms with Crippen LogP contribution in [0.4, 0.5) is 0 Å². The number of nitrogens with zero attached hydrogens (tertiary/aromatic N) is 1. The van der Waals surface area contributed by atoms with Gasteiger partial charge in [0, 0.05) is 0 Å². The molecule has 3 unspecified atom stereocenters. The van der Waals surface area contributed by atoms with Crippen molar-refractivity contribution in [2.75, 3.05) is 19.6 Å². The highest BCUT2D eigenvalue weighted by Gasteiger charge is 2.42. The maximum Gasteiger partial charge on any atom is 0.309 e. The Morgan fingerprint density at radius 2 is 1.95 bits per heavy atom. The Morgan fingerprint density at radius 3 is 2.51 bits per heavy atom. The van der Waals surface area contributed by atoms with Crippen molar-refractivity contribution in [2.45, 2.75) is 83.8 Å². The van der Waals surface area contributed by atoms with E-state index < -0.39 is 17.0 Å². The van der Waals surface area contributed by atoms with Crippen LogP contribution in [0.15, 0.2) is 77.9 Å². The highest BCUT2D eigenvalue weighted by Crippen LogP contribution is 2.43. The molecule has 1 aromatic carbocycles. The summed E-state index contributed by atoms with van der Waals surface area (Å²) in [6.07, 6.45) is 19.6. The summed E-state index contributed by atoms with van der Waals surface area (Å²) in [5, 5.41) is 21.7. The summed E-state index contributed by atoms with van der Waals surface area (Å²) in [6, 6.07) is 10.2. The first-order chi connectivity index (χ1) is 18.8. The summed E-state index contributed by atoms with van der Waals surface area (Å²) in [7, 11) is 0. The number of halogens is 1. The van der Waals surface area contributed by atoms with E-state index in [2.05, 4.69) is 41.3 Å². The number of carboxylic acid groups (broad SMARTS) is 1. The van der Waals surface area contributed by atoms with E-state index in [1.165, 1.54) is 0 Å². The van der Waals surface area contributed by atoms with E-state index in [1.54, 1.807) is 6.92 Å². The molecule has 0 bridgehead atoms. The summed E-state index contributed by atoms with van der Waals surface area (Å²) >= 11 is 1.99. The lowest BCUT2D eigenvalue weighted by Gasteiger charge is -2.43. The second kappa shape index (κ2) is 15.3. The Labute approximate surface area is 249 Å². The maximum absolute atomic E-state index is 12.2. The molecule has 2 N–H and O–H groups in total. The number of hydrogen-bond donors (Lipinski definition) is 2. The smallest absolute Gasteiger partial charge is 0.309 e.